The van der Waals surface area contributed by atoms with Gasteiger partial charge in [0.1, 0.15) is 0 Å². The van der Waals surface area contributed by atoms with Gasteiger partial charge in [-0.05, 0) is 38.3 Å². The first-order valence-electron chi connectivity index (χ1n) is 14.1. The Bertz CT molecular complexity index is 1140. The second-order valence-corrected chi connectivity index (χ2v) is 10.9. The maximum Gasteiger partial charge on any atom is 0.416 e. The largest absolute Gasteiger partial charge is 0.416 e. The fourth-order valence-corrected chi connectivity index (χ4v) is 5.79. The standard InChI is InChI=1S/C30H39F3N4O2/c1-3-4-5-10-19-34-20-29(17-8-9-18-29)28(39)36-26-27(38)37(2)24-12-7-6-11-23(24)25(35-26)21-13-15-22(16-14-21)30(31,32)33/h6-7,11-13,15-16,21,26,34H,3-5,8-10,14,17-20H2,1-2H3,(H,36,39). The SMILES string of the molecule is CCCCCCNCC1(C(=O)NC2N=C(C3C=CC(C(F)(F)F)=CC3)c3ccccc3N(C)C2=O)CCCC1. The first-order valence-corrected chi connectivity index (χ1v) is 14.1. The van der Waals surface area contributed by atoms with Gasteiger partial charge < -0.3 is 15.5 Å². The highest BCUT2D eigenvalue weighted by atomic mass is 19.4. The molecule has 1 fully saturated rings. The number of rotatable bonds is 10. The van der Waals surface area contributed by atoms with E-state index in [2.05, 4.69) is 17.6 Å². The monoisotopic (exact) mass is 544 g/mol. The van der Waals surface area contributed by atoms with Crippen molar-refractivity contribution in [3.8, 4) is 0 Å². The Balaban J connectivity index is 1.57. The number of halogens is 3. The zero-order valence-electron chi connectivity index (χ0n) is 22.8. The summed E-state index contributed by atoms with van der Waals surface area (Å²) in [5, 5.41) is 6.41. The van der Waals surface area contributed by atoms with Gasteiger partial charge in [-0.25, -0.2) is 0 Å². The third kappa shape index (κ3) is 6.62. The van der Waals surface area contributed by atoms with Crippen LogP contribution in [0.2, 0.25) is 0 Å². The number of unbranched alkanes of at least 4 members (excludes halogenated alkanes) is 3. The number of alkyl halides is 3. The third-order valence-corrected chi connectivity index (χ3v) is 8.13. The van der Waals surface area contributed by atoms with Crippen molar-refractivity contribution in [2.45, 2.75) is 77.1 Å². The fourth-order valence-electron chi connectivity index (χ4n) is 5.79. The van der Waals surface area contributed by atoms with Gasteiger partial charge in [-0.15, -0.1) is 0 Å². The van der Waals surface area contributed by atoms with Gasteiger partial charge in [0, 0.05) is 25.1 Å². The molecule has 6 nitrogen and oxygen atoms in total. The number of fused-ring (bicyclic) bond motifs is 1. The van der Waals surface area contributed by atoms with E-state index in [4.69, 9.17) is 4.99 Å². The average Bonchev–Trinajstić information content (AvgIpc) is 3.38. The van der Waals surface area contributed by atoms with Crippen LogP contribution in [0.5, 0.6) is 0 Å². The number of nitrogens with zero attached hydrogens (tertiary/aromatic N) is 2. The number of likely N-dealkylation sites (N-methyl/N-ethyl adjacent to an activating group) is 1. The molecule has 1 aromatic rings. The number of anilines is 1. The van der Waals surface area contributed by atoms with E-state index in [0.29, 0.717) is 23.5 Å². The molecule has 1 heterocycles. The van der Waals surface area contributed by atoms with E-state index in [1.807, 2.05) is 12.1 Å². The number of allylic oxidation sites excluding steroid dienone is 4. The molecule has 0 aromatic heterocycles. The number of hydrogen-bond donors (Lipinski definition) is 2. The Hall–Kier alpha value is -2.94. The first-order chi connectivity index (χ1) is 18.7. The number of carbonyl (C=O) groups is 2. The molecule has 3 aliphatic rings. The Morgan fingerprint density at radius 3 is 2.56 bits per heavy atom. The van der Waals surface area contributed by atoms with Crippen LogP contribution in [-0.2, 0) is 9.59 Å². The van der Waals surface area contributed by atoms with Crippen LogP contribution < -0.4 is 15.5 Å². The molecule has 0 bridgehead atoms. The zero-order chi connectivity index (χ0) is 28.0. The number of nitrogens with one attached hydrogen (secondary N) is 2. The maximum absolute atomic E-state index is 13.7. The summed E-state index contributed by atoms with van der Waals surface area (Å²) < 4.78 is 39.7. The van der Waals surface area contributed by atoms with Crippen molar-refractivity contribution >= 4 is 23.2 Å². The molecule has 39 heavy (non-hydrogen) atoms. The van der Waals surface area contributed by atoms with Crippen LogP contribution in [0.15, 0.2) is 53.1 Å². The Labute approximate surface area is 228 Å². The van der Waals surface area contributed by atoms with Crippen molar-refractivity contribution in [3.05, 3.63) is 53.6 Å². The minimum absolute atomic E-state index is 0.100. The summed E-state index contributed by atoms with van der Waals surface area (Å²) in [6.45, 7) is 3.57. The lowest BCUT2D eigenvalue weighted by atomic mass is 9.84. The minimum atomic E-state index is -4.42. The summed E-state index contributed by atoms with van der Waals surface area (Å²) in [6.07, 6.45) is 6.20. The van der Waals surface area contributed by atoms with Gasteiger partial charge in [0.25, 0.3) is 5.91 Å². The number of carbonyl (C=O) groups excluding carboxylic acids is 2. The fraction of sp³-hybridized carbons (Fsp3) is 0.567. The van der Waals surface area contributed by atoms with Crippen molar-refractivity contribution in [3.63, 3.8) is 0 Å². The van der Waals surface area contributed by atoms with Gasteiger partial charge in [-0.2, -0.15) is 13.2 Å². The number of para-hydroxylation sites is 1. The van der Waals surface area contributed by atoms with Crippen molar-refractivity contribution in [2.24, 2.45) is 16.3 Å². The van der Waals surface area contributed by atoms with Gasteiger partial charge in [-0.1, -0.05) is 75.5 Å². The summed E-state index contributed by atoms with van der Waals surface area (Å²) in [4.78, 5) is 33.5. The minimum Gasteiger partial charge on any atom is -0.326 e. The van der Waals surface area contributed by atoms with E-state index in [0.717, 1.165) is 51.1 Å². The van der Waals surface area contributed by atoms with Crippen molar-refractivity contribution in [1.82, 2.24) is 10.6 Å². The van der Waals surface area contributed by atoms with Crippen LogP contribution in [0.1, 0.15) is 70.3 Å². The van der Waals surface area contributed by atoms with E-state index in [9.17, 15) is 22.8 Å². The van der Waals surface area contributed by atoms with Crippen molar-refractivity contribution < 1.29 is 22.8 Å². The van der Waals surface area contributed by atoms with Crippen molar-refractivity contribution in [1.29, 1.82) is 0 Å². The van der Waals surface area contributed by atoms with Crippen LogP contribution in [-0.4, -0.2) is 50.0 Å². The highest BCUT2D eigenvalue weighted by Gasteiger charge is 2.43. The molecular formula is C30H39F3N4O2. The Kier molecular flexibility index (Phi) is 9.31. The second kappa shape index (κ2) is 12.5. The molecule has 2 N–H and O–H groups in total. The molecular weight excluding hydrogens is 505 g/mol. The molecule has 1 aliphatic heterocycles. The number of amides is 2. The lowest BCUT2D eigenvalue weighted by Crippen LogP contribution is -2.53. The smallest absolute Gasteiger partial charge is 0.326 e. The van der Waals surface area contributed by atoms with Crippen LogP contribution in [0.4, 0.5) is 18.9 Å². The average molecular weight is 545 g/mol. The Morgan fingerprint density at radius 2 is 1.90 bits per heavy atom. The van der Waals surface area contributed by atoms with E-state index in [1.165, 1.54) is 29.9 Å². The topological polar surface area (TPSA) is 73.8 Å². The lowest BCUT2D eigenvalue weighted by Gasteiger charge is -2.30. The van der Waals surface area contributed by atoms with Gasteiger partial charge in [-0.3, -0.25) is 14.6 Å². The zero-order valence-corrected chi connectivity index (χ0v) is 22.8. The summed E-state index contributed by atoms with van der Waals surface area (Å²) in [7, 11) is 1.64. The van der Waals surface area contributed by atoms with Gasteiger partial charge >= 0.3 is 6.18 Å². The first kappa shape index (κ1) is 29.1. The van der Waals surface area contributed by atoms with Crippen LogP contribution in [0.3, 0.4) is 0 Å². The molecule has 212 valence electrons. The van der Waals surface area contributed by atoms with E-state index >= 15 is 0 Å². The highest BCUT2D eigenvalue weighted by Crippen LogP contribution is 2.39. The molecule has 2 aliphatic carbocycles. The molecule has 2 amide bonds. The predicted molar refractivity (Wildman–Crippen MR) is 148 cm³/mol. The lowest BCUT2D eigenvalue weighted by molar-refractivity contribution is -0.134. The van der Waals surface area contributed by atoms with Crippen LogP contribution in [0, 0.1) is 11.3 Å². The third-order valence-electron chi connectivity index (χ3n) is 8.13. The van der Waals surface area contributed by atoms with Crippen LogP contribution >= 0.6 is 0 Å². The van der Waals surface area contributed by atoms with Gasteiger partial charge in [0.05, 0.1) is 22.4 Å². The summed E-state index contributed by atoms with van der Waals surface area (Å²) in [5.74, 6) is -1.03. The second-order valence-electron chi connectivity index (χ2n) is 10.9. The Morgan fingerprint density at radius 1 is 1.15 bits per heavy atom. The van der Waals surface area contributed by atoms with Gasteiger partial charge in [0.2, 0.25) is 12.1 Å². The van der Waals surface area contributed by atoms with Gasteiger partial charge in [0.15, 0.2) is 0 Å². The predicted octanol–water partition coefficient (Wildman–Crippen LogP) is 5.69. The molecule has 0 spiro atoms. The highest BCUT2D eigenvalue weighted by molar-refractivity contribution is 6.14. The number of aliphatic imine (C=N–C) groups is 1. The molecule has 9 heteroatoms. The van der Waals surface area contributed by atoms with E-state index in [1.54, 1.807) is 19.2 Å². The molecule has 0 radical (unpaired) electrons. The molecule has 2 atom stereocenters. The summed E-state index contributed by atoms with van der Waals surface area (Å²) >= 11 is 0. The molecule has 0 saturated heterocycles. The number of benzodiazepines with no additional fused rings is 1. The normalized spacial score (nSPS) is 22.7. The maximum atomic E-state index is 13.7. The molecule has 2 unspecified atom stereocenters. The summed E-state index contributed by atoms with van der Waals surface area (Å²) in [6, 6.07) is 7.23. The quantitative estimate of drug-likeness (QED) is 0.372. The van der Waals surface area contributed by atoms with E-state index in [-0.39, 0.29) is 18.2 Å². The molecule has 1 saturated carbocycles. The van der Waals surface area contributed by atoms with E-state index < -0.39 is 29.2 Å². The number of hydrogen-bond acceptors (Lipinski definition) is 4. The number of benzene rings is 1. The van der Waals surface area contributed by atoms with Crippen LogP contribution in [0.25, 0.3) is 0 Å². The molecule has 4 rings (SSSR count). The van der Waals surface area contributed by atoms with Crippen molar-refractivity contribution in [2.75, 3.05) is 25.0 Å². The summed E-state index contributed by atoms with van der Waals surface area (Å²) in [5.41, 5.74) is 0.490. The molecule has 1 aromatic carbocycles.